The highest BCUT2D eigenvalue weighted by molar-refractivity contribution is 6.74. The van der Waals surface area contributed by atoms with Gasteiger partial charge in [0, 0.05) is 18.4 Å². The SMILES string of the molecule is CC(=O)O[C@H]1[C@H](O[Si](C)(C)C(C)(C)C)[C@@H](COCc2ccccc2)O[C@@H](O[C@H]2[C@@H](OCc3ccccc3)[C@@H](COCc3ccccc3)O[C@H](OCCN=[N+]=[N-])[C@@H]2OCc2ccccc2)[C@@H]1N1C(=O)c2ccccc2C1=O. The number of imide groups is 1. The van der Waals surface area contributed by atoms with Crippen LogP contribution in [0.4, 0.5) is 0 Å². The molecule has 5 aromatic carbocycles. The van der Waals surface area contributed by atoms with Gasteiger partial charge in [0.2, 0.25) is 0 Å². The summed E-state index contributed by atoms with van der Waals surface area (Å²) < 4.78 is 68.3. The van der Waals surface area contributed by atoms with E-state index in [4.69, 9.17) is 47.1 Å². The molecule has 0 bridgehead atoms. The van der Waals surface area contributed by atoms with Crippen LogP contribution in [0.3, 0.4) is 0 Å². The van der Waals surface area contributed by atoms with Gasteiger partial charge in [0.05, 0.1) is 57.4 Å². The topological polar surface area (TPSA) is 196 Å². The fraction of sp³-hybridized carbons (Fsp3) is 0.431. The molecule has 0 radical (unpaired) electrons. The number of nitrogens with zero attached hydrogens (tertiary/aromatic N) is 4. The van der Waals surface area contributed by atoms with Crippen molar-refractivity contribution in [2.75, 3.05) is 26.4 Å². The molecule has 2 saturated heterocycles. The van der Waals surface area contributed by atoms with Crippen LogP contribution in [0.2, 0.25) is 18.1 Å². The first kappa shape index (κ1) is 56.1. The molecule has 5 aromatic rings. The Hall–Kier alpha value is -6.12. The third kappa shape index (κ3) is 14.1. The van der Waals surface area contributed by atoms with Gasteiger partial charge in [0.25, 0.3) is 11.8 Å². The van der Waals surface area contributed by atoms with Crippen molar-refractivity contribution in [2.24, 2.45) is 5.11 Å². The zero-order valence-electron chi connectivity index (χ0n) is 43.9. The van der Waals surface area contributed by atoms with Gasteiger partial charge in [-0.1, -0.05) is 159 Å². The van der Waals surface area contributed by atoms with Crippen molar-refractivity contribution in [3.63, 3.8) is 0 Å². The van der Waals surface area contributed by atoms with Gasteiger partial charge in [0.15, 0.2) is 27.0 Å². The number of esters is 1. The number of ether oxygens (including phenoxy) is 9. The van der Waals surface area contributed by atoms with Gasteiger partial charge in [-0.2, -0.15) is 0 Å². The molecular weight excluding hydrogens is 989 g/mol. The third-order valence-electron chi connectivity index (χ3n) is 14.1. The predicted octanol–water partition coefficient (Wildman–Crippen LogP) is 9.74. The normalized spacial score (nSPS) is 24.7. The van der Waals surface area contributed by atoms with Gasteiger partial charge in [-0.3, -0.25) is 19.3 Å². The van der Waals surface area contributed by atoms with E-state index in [1.54, 1.807) is 24.3 Å². The quantitative estimate of drug-likeness (QED) is 0.0108. The molecule has 402 valence electrons. The molecule has 0 saturated carbocycles. The fourth-order valence-corrected chi connectivity index (χ4v) is 10.5. The molecule has 76 heavy (non-hydrogen) atoms. The number of fused-ring (bicyclic) bond motifs is 1. The van der Waals surface area contributed by atoms with Crippen molar-refractivity contribution in [1.82, 2.24) is 4.90 Å². The first-order valence-corrected chi connectivity index (χ1v) is 28.6. The number of azide groups is 1. The Morgan fingerprint density at radius 3 is 1.53 bits per heavy atom. The van der Waals surface area contributed by atoms with Crippen molar-refractivity contribution in [3.05, 3.63) is 189 Å². The van der Waals surface area contributed by atoms with Crippen molar-refractivity contribution in [3.8, 4) is 0 Å². The molecule has 2 amide bonds. The molecule has 0 N–H and O–H groups in total. The maximum Gasteiger partial charge on any atom is 0.303 e. The lowest BCUT2D eigenvalue weighted by atomic mass is 9.93. The minimum absolute atomic E-state index is 0.0301. The van der Waals surface area contributed by atoms with E-state index in [9.17, 15) is 19.9 Å². The molecular formula is C58H68N4O13Si. The van der Waals surface area contributed by atoms with Crippen LogP contribution in [-0.4, -0.2) is 119 Å². The lowest BCUT2D eigenvalue weighted by Crippen LogP contribution is -2.71. The van der Waals surface area contributed by atoms with Gasteiger partial charge in [-0.05, 0) is 58.0 Å². The average molecular weight is 1060 g/mol. The van der Waals surface area contributed by atoms with Crippen LogP contribution in [0.15, 0.2) is 151 Å². The maximum absolute atomic E-state index is 15.0. The van der Waals surface area contributed by atoms with E-state index in [0.717, 1.165) is 27.2 Å². The van der Waals surface area contributed by atoms with Gasteiger partial charge >= 0.3 is 5.97 Å². The Labute approximate surface area is 445 Å². The van der Waals surface area contributed by atoms with E-state index in [1.165, 1.54) is 6.92 Å². The van der Waals surface area contributed by atoms with E-state index in [-0.39, 0.29) is 69.0 Å². The number of amides is 2. The Bertz CT molecular complexity index is 2680. The van der Waals surface area contributed by atoms with E-state index in [2.05, 4.69) is 43.9 Å². The van der Waals surface area contributed by atoms with Crippen molar-refractivity contribution in [1.29, 1.82) is 0 Å². The van der Waals surface area contributed by atoms with E-state index in [1.807, 2.05) is 121 Å². The number of carbonyl (C=O) groups excluding carboxylic acids is 3. The molecule has 2 fully saturated rings. The molecule has 0 aliphatic carbocycles. The summed E-state index contributed by atoms with van der Waals surface area (Å²) in [7, 11) is -2.82. The summed E-state index contributed by atoms with van der Waals surface area (Å²) in [5, 5.41) is 3.35. The minimum atomic E-state index is -2.82. The van der Waals surface area contributed by atoms with Crippen LogP contribution in [-0.2, 0) is 78.3 Å². The van der Waals surface area contributed by atoms with Gasteiger partial charge in [0.1, 0.15) is 42.7 Å². The smallest absolute Gasteiger partial charge is 0.303 e. The molecule has 0 spiro atoms. The third-order valence-corrected chi connectivity index (χ3v) is 18.5. The number of rotatable bonds is 24. The Kier molecular flexibility index (Phi) is 19.4. The summed E-state index contributed by atoms with van der Waals surface area (Å²) in [6.45, 7) is 12.0. The standard InChI is InChI=1S/C58H68N4O13Si/c1-39(63)71-51-48(62-54(64)44-29-19-20-30-45(44)55(62)65)56(72-47(38-67-34-41-23-13-8-14-24-41)50(51)75-76(5,6)58(2,3)4)74-52-49(69-35-42-25-15-9-16-26-42)46(37-66-33-40-21-11-7-12-22-40)73-57(68-32-31-60-61-59)53(52)70-36-43-27-17-10-18-28-43/h7-30,46-53,56-57H,31-38H2,1-6H3/t46-,47-,48-,49+,50-,51-,52+,53-,56+,57+/m1/s1. The average Bonchev–Trinajstić information content (AvgIpc) is 3.66. The first-order valence-electron chi connectivity index (χ1n) is 25.7. The second-order valence-electron chi connectivity index (χ2n) is 20.5. The highest BCUT2D eigenvalue weighted by atomic mass is 28.4. The minimum Gasteiger partial charge on any atom is -0.457 e. The van der Waals surface area contributed by atoms with Gasteiger partial charge < -0.3 is 47.1 Å². The Morgan fingerprint density at radius 1 is 0.605 bits per heavy atom. The maximum atomic E-state index is 15.0. The molecule has 18 heteroatoms. The van der Waals surface area contributed by atoms with Crippen LogP contribution in [0.5, 0.6) is 0 Å². The lowest BCUT2D eigenvalue weighted by molar-refractivity contribution is -0.362. The van der Waals surface area contributed by atoms with Crippen molar-refractivity contribution >= 4 is 26.1 Å². The molecule has 0 unspecified atom stereocenters. The number of carbonyl (C=O) groups is 3. The van der Waals surface area contributed by atoms with Crippen LogP contribution in [0, 0.1) is 0 Å². The lowest BCUT2D eigenvalue weighted by Gasteiger charge is -2.53. The molecule has 3 aliphatic heterocycles. The summed E-state index contributed by atoms with van der Waals surface area (Å²) in [5.74, 6) is -1.97. The molecule has 0 aromatic heterocycles. The van der Waals surface area contributed by atoms with Gasteiger partial charge in [-0.25, -0.2) is 0 Å². The van der Waals surface area contributed by atoms with E-state index < -0.39 is 87.5 Å². The predicted molar refractivity (Wildman–Crippen MR) is 283 cm³/mol. The molecule has 3 heterocycles. The summed E-state index contributed by atoms with van der Waals surface area (Å²) in [6.07, 6.45) is -10.6. The Balaban J connectivity index is 1.28. The summed E-state index contributed by atoms with van der Waals surface area (Å²) in [6, 6.07) is 43.5. The van der Waals surface area contributed by atoms with Crippen molar-refractivity contribution in [2.45, 2.75) is 134 Å². The van der Waals surface area contributed by atoms with Crippen LogP contribution in [0.25, 0.3) is 10.4 Å². The zero-order valence-corrected chi connectivity index (χ0v) is 44.9. The molecule has 3 aliphatic rings. The first-order chi connectivity index (χ1) is 36.7. The zero-order chi connectivity index (χ0) is 53.7. The van der Waals surface area contributed by atoms with Crippen LogP contribution in [0.1, 0.15) is 70.7 Å². The van der Waals surface area contributed by atoms with Crippen LogP contribution >= 0.6 is 0 Å². The van der Waals surface area contributed by atoms with Gasteiger partial charge in [-0.15, -0.1) is 0 Å². The number of hydrogen-bond acceptors (Lipinski definition) is 14. The second-order valence-corrected chi connectivity index (χ2v) is 25.2. The molecule has 17 nitrogen and oxygen atoms in total. The monoisotopic (exact) mass is 1060 g/mol. The number of benzene rings is 5. The van der Waals surface area contributed by atoms with E-state index >= 15 is 0 Å². The summed E-state index contributed by atoms with van der Waals surface area (Å²) >= 11 is 0. The second kappa shape index (κ2) is 26.3. The highest BCUT2D eigenvalue weighted by Crippen LogP contribution is 2.43. The Morgan fingerprint density at radius 2 is 1.05 bits per heavy atom. The summed E-state index contributed by atoms with van der Waals surface area (Å²) in [4.78, 5) is 47.6. The number of hydrogen-bond donors (Lipinski definition) is 0. The molecule has 10 atom stereocenters. The van der Waals surface area contributed by atoms with Crippen LogP contribution < -0.4 is 0 Å². The fourth-order valence-electron chi connectivity index (χ4n) is 9.23. The summed E-state index contributed by atoms with van der Waals surface area (Å²) in [5.41, 5.74) is 13.0. The van der Waals surface area contributed by atoms with Crippen molar-refractivity contribution < 1.29 is 61.4 Å². The molecule has 8 rings (SSSR count). The highest BCUT2D eigenvalue weighted by Gasteiger charge is 2.60. The largest absolute Gasteiger partial charge is 0.457 e. The van der Waals surface area contributed by atoms with E-state index in [0.29, 0.717) is 0 Å².